The quantitative estimate of drug-likeness (QED) is 0.424. The highest BCUT2D eigenvalue weighted by molar-refractivity contribution is 7.89. The predicted molar refractivity (Wildman–Crippen MR) is 131 cm³/mol. The van der Waals surface area contributed by atoms with Crippen LogP contribution in [0.3, 0.4) is 0 Å². The maximum Gasteiger partial charge on any atom is 0.259 e. The molecule has 9 heteroatoms. The number of benzene rings is 2. The standard InChI is InChI=1S/C25H26N4O4S/c1-15-9-11-17(12-10-15)21-14-20(22-16(2)28-33-24(22)27-21)23(30)26-18-7-6-8-19(13-18)34(31,32)29-25(3,4)5/h6-14,29H,1-5H3,(H,26,30). The minimum absolute atomic E-state index is 0.0570. The predicted octanol–water partition coefficient (Wildman–Crippen LogP) is 4.84. The Kier molecular flexibility index (Phi) is 6.01. The Labute approximate surface area is 198 Å². The molecule has 176 valence electrons. The molecule has 0 saturated heterocycles. The van der Waals surface area contributed by atoms with Gasteiger partial charge in [-0.05, 0) is 58.9 Å². The lowest BCUT2D eigenvalue weighted by molar-refractivity contribution is 0.102. The van der Waals surface area contributed by atoms with Gasteiger partial charge in [-0.25, -0.2) is 18.1 Å². The molecule has 2 N–H and O–H groups in total. The smallest absolute Gasteiger partial charge is 0.259 e. The summed E-state index contributed by atoms with van der Waals surface area (Å²) >= 11 is 0. The normalized spacial score (nSPS) is 12.1. The maximum atomic E-state index is 13.3. The molecule has 2 heterocycles. The zero-order chi connectivity index (χ0) is 24.7. The van der Waals surface area contributed by atoms with Crippen LogP contribution in [0.2, 0.25) is 0 Å². The van der Waals surface area contributed by atoms with E-state index in [1.54, 1.807) is 45.9 Å². The first kappa shape index (κ1) is 23.6. The van der Waals surface area contributed by atoms with E-state index in [9.17, 15) is 13.2 Å². The van der Waals surface area contributed by atoms with Crippen LogP contribution in [0.15, 0.2) is 64.0 Å². The number of carbonyl (C=O) groups excluding carboxylic acids is 1. The number of pyridine rings is 1. The second-order valence-electron chi connectivity index (χ2n) is 9.21. The molecule has 0 radical (unpaired) electrons. The monoisotopic (exact) mass is 478 g/mol. The zero-order valence-corrected chi connectivity index (χ0v) is 20.4. The highest BCUT2D eigenvalue weighted by Gasteiger charge is 2.23. The zero-order valence-electron chi connectivity index (χ0n) is 19.6. The van der Waals surface area contributed by atoms with Gasteiger partial charge in [0.1, 0.15) is 0 Å². The number of nitrogens with one attached hydrogen (secondary N) is 2. The van der Waals surface area contributed by atoms with E-state index in [4.69, 9.17) is 4.52 Å². The number of carbonyl (C=O) groups is 1. The van der Waals surface area contributed by atoms with Crippen molar-refractivity contribution in [1.29, 1.82) is 0 Å². The van der Waals surface area contributed by atoms with Crippen LogP contribution in [-0.4, -0.2) is 30.0 Å². The van der Waals surface area contributed by atoms with Crippen molar-refractivity contribution in [2.24, 2.45) is 0 Å². The molecule has 4 rings (SSSR count). The van der Waals surface area contributed by atoms with E-state index in [1.165, 1.54) is 12.1 Å². The van der Waals surface area contributed by atoms with Crippen LogP contribution in [0.4, 0.5) is 5.69 Å². The fourth-order valence-corrected chi connectivity index (χ4v) is 5.01. The summed E-state index contributed by atoms with van der Waals surface area (Å²) in [4.78, 5) is 17.9. The average molecular weight is 479 g/mol. The van der Waals surface area contributed by atoms with Gasteiger partial charge in [-0.1, -0.05) is 41.1 Å². The van der Waals surface area contributed by atoms with Crippen LogP contribution >= 0.6 is 0 Å². The summed E-state index contributed by atoms with van der Waals surface area (Å²) in [7, 11) is -3.76. The van der Waals surface area contributed by atoms with Crippen LogP contribution in [0.5, 0.6) is 0 Å². The molecule has 0 saturated carbocycles. The van der Waals surface area contributed by atoms with E-state index >= 15 is 0 Å². The van der Waals surface area contributed by atoms with Crippen molar-refractivity contribution in [3.63, 3.8) is 0 Å². The van der Waals surface area contributed by atoms with Gasteiger partial charge in [0.2, 0.25) is 10.0 Å². The first-order chi connectivity index (χ1) is 15.9. The van der Waals surface area contributed by atoms with Crippen LogP contribution < -0.4 is 10.0 Å². The number of hydrogen-bond donors (Lipinski definition) is 2. The number of rotatable bonds is 5. The second kappa shape index (κ2) is 8.66. The molecular formula is C25H26N4O4S. The molecule has 0 aliphatic rings. The number of aryl methyl sites for hydroxylation is 2. The van der Waals surface area contributed by atoms with Crippen molar-refractivity contribution in [2.75, 3.05) is 5.32 Å². The molecule has 0 unspecified atom stereocenters. The van der Waals surface area contributed by atoms with Gasteiger partial charge in [0.05, 0.1) is 27.2 Å². The Balaban J connectivity index is 1.71. The Morgan fingerprint density at radius 2 is 1.71 bits per heavy atom. The summed E-state index contributed by atoms with van der Waals surface area (Å²) in [5, 5.41) is 7.28. The molecule has 2 aromatic carbocycles. The first-order valence-electron chi connectivity index (χ1n) is 10.7. The molecular weight excluding hydrogens is 452 g/mol. The van der Waals surface area contributed by atoms with Crippen molar-refractivity contribution in [1.82, 2.24) is 14.9 Å². The molecule has 0 aliphatic carbocycles. The van der Waals surface area contributed by atoms with Crippen molar-refractivity contribution in [3.8, 4) is 11.3 Å². The van der Waals surface area contributed by atoms with Crippen molar-refractivity contribution >= 4 is 32.7 Å². The molecule has 0 fully saturated rings. The van der Waals surface area contributed by atoms with E-state index in [0.29, 0.717) is 28.0 Å². The van der Waals surface area contributed by atoms with Crippen LogP contribution in [0.1, 0.15) is 42.4 Å². The van der Waals surface area contributed by atoms with Gasteiger partial charge in [0.25, 0.3) is 11.6 Å². The molecule has 8 nitrogen and oxygen atoms in total. The third-order valence-electron chi connectivity index (χ3n) is 5.05. The molecule has 0 bridgehead atoms. The Morgan fingerprint density at radius 1 is 1.00 bits per heavy atom. The van der Waals surface area contributed by atoms with Gasteiger partial charge in [-0.2, -0.15) is 0 Å². The minimum Gasteiger partial charge on any atom is -0.335 e. The Hall–Kier alpha value is -3.56. The number of nitrogens with zero attached hydrogens (tertiary/aromatic N) is 2. The summed E-state index contributed by atoms with van der Waals surface area (Å²) in [6.07, 6.45) is 0. The van der Waals surface area contributed by atoms with Crippen molar-refractivity contribution in [3.05, 3.63) is 71.4 Å². The maximum absolute atomic E-state index is 13.3. The Bertz CT molecular complexity index is 1480. The lowest BCUT2D eigenvalue weighted by Gasteiger charge is -2.20. The van der Waals surface area contributed by atoms with Crippen LogP contribution in [0.25, 0.3) is 22.4 Å². The Morgan fingerprint density at radius 3 is 2.38 bits per heavy atom. The van der Waals surface area contributed by atoms with E-state index < -0.39 is 21.5 Å². The number of anilines is 1. The van der Waals surface area contributed by atoms with Gasteiger partial charge < -0.3 is 9.84 Å². The van der Waals surface area contributed by atoms with Gasteiger partial charge >= 0.3 is 0 Å². The minimum atomic E-state index is -3.76. The molecule has 2 aromatic heterocycles. The van der Waals surface area contributed by atoms with Gasteiger partial charge in [-0.15, -0.1) is 0 Å². The largest absolute Gasteiger partial charge is 0.335 e. The van der Waals surface area contributed by atoms with E-state index in [-0.39, 0.29) is 10.6 Å². The summed E-state index contributed by atoms with van der Waals surface area (Å²) in [6.45, 7) is 9.01. The molecule has 0 aliphatic heterocycles. The summed E-state index contributed by atoms with van der Waals surface area (Å²) < 4.78 is 33.4. The SMILES string of the molecule is Cc1ccc(-c2cc(C(=O)Nc3cccc(S(=O)(=O)NC(C)(C)C)c3)c3c(C)noc3n2)cc1. The number of aromatic nitrogens is 2. The van der Waals surface area contributed by atoms with Crippen LogP contribution in [0, 0.1) is 13.8 Å². The highest BCUT2D eigenvalue weighted by atomic mass is 32.2. The van der Waals surface area contributed by atoms with Crippen molar-refractivity contribution < 1.29 is 17.7 Å². The van der Waals surface area contributed by atoms with E-state index in [1.807, 2.05) is 31.2 Å². The summed E-state index contributed by atoms with van der Waals surface area (Å²) in [5.41, 5.74) is 3.34. The third kappa shape index (κ3) is 5.00. The number of hydrogen-bond acceptors (Lipinski definition) is 6. The summed E-state index contributed by atoms with van der Waals surface area (Å²) in [6, 6.07) is 15.6. The second-order valence-corrected chi connectivity index (χ2v) is 10.9. The van der Waals surface area contributed by atoms with E-state index in [0.717, 1.165) is 11.1 Å². The lowest BCUT2D eigenvalue weighted by Crippen LogP contribution is -2.40. The van der Waals surface area contributed by atoms with Crippen LogP contribution in [-0.2, 0) is 10.0 Å². The average Bonchev–Trinajstić information content (AvgIpc) is 3.13. The highest BCUT2D eigenvalue weighted by Crippen LogP contribution is 2.28. The molecule has 0 atom stereocenters. The molecule has 0 spiro atoms. The van der Waals surface area contributed by atoms with Crippen molar-refractivity contribution in [2.45, 2.75) is 45.1 Å². The molecule has 1 amide bonds. The van der Waals surface area contributed by atoms with Gasteiger partial charge in [0.15, 0.2) is 0 Å². The number of fused-ring (bicyclic) bond motifs is 1. The molecule has 4 aromatic rings. The fourth-order valence-electron chi connectivity index (χ4n) is 3.55. The number of amides is 1. The lowest BCUT2D eigenvalue weighted by atomic mass is 10.0. The first-order valence-corrected chi connectivity index (χ1v) is 12.2. The third-order valence-corrected chi connectivity index (χ3v) is 6.81. The van der Waals surface area contributed by atoms with Gasteiger partial charge in [0, 0.05) is 16.8 Å². The fraction of sp³-hybridized carbons (Fsp3) is 0.240. The summed E-state index contributed by atoms with van der Waals surface area (Å²) in [5.74, 6) is -0.426. The molecule has 34 heavy (non-hydrogen) atoms. The topological polar surface area (TPSA) is 114 Å². The van der Waals surface area contributed by atoms with E-state index in [2.05, 4.69) is 20.2 Å². The number of sulfonamides is 1. The van der Waals surface area contributed by atoms with Gasteiger partial charge in [-0.3, -0.25) is 4.79 Å².